The van der Waals surface area contributed by atoms with E-state index < -0.39 is 0 Å². The second-order valence-corrected chi connectivity index (χ2v) is 16.0. The number of hydrogen-bond donors (Lipinski definition) is 0. The van der Waals surface area contributed by atoms with Crippen LogP contribution in [0.1, 0.15) is 220 Å². The molecule has 0 aromatic heterocycles. The lowest BCUT2D eigenvalue weighted by Crippen LogP contribution is -2.35. The molecule has 0 bridgehead atoms. The van der Waals surface area contributed by atoms with Gasteiger partial charge in [0.15, 0.2) is 0 Å². The standard InChI is InChI=1S/C45H88N2O4/c1-4-7-10-11-12-13-14-18-28-41-50-44(48)34-23-19-25-36-46(39-40-47-37-26-27-38-47)35-24-17-15-16-22-33-45(49)51-42-29-32-43(30-20-8-5-2)31-21-9-6-3/h43H,4-42H2,1-3H3. The molecule has 0 atom stereocenters. The summed E-state index contributed by atoms with van der Waals surface area (Å²) in [6.07, 6.45) is 37.3. The summed E-state index contributed by atoms with van der Waals surface area (Å²) in [6.45, 7) is 15.2. The van der Waals surface area contributed by atoms with Crippen molar-refractivity contribution in [3.63, 3.8) is 0 Å². The molecule has 0 spiro atoms. The Morgan fingerprint density at radius 1 is 0.490 bits per heavy atom. The summed E-state index contributed by atoms with van der Waals surface area (Å²) in [6, 6.07) is 0. The molecule has 0 aromatic carbocycles. The summed E-state index contributed by atoms with van der Waals surface area (Å²) < 4.78 is 11.1. The first-order chi connectivity index (χ1) is 25.1. The van der Waals surface area contributed by atoms with Crippen LogP contribution < -0.4 is 0 Å². The minimum atomic E-state index is -0.00630. The molecule has 0 radical (unpaired) electrons. The molecule has 1 fully saturated rings. The summed E-state index contributed by atoms with van der Waals surface area (Å²) in [5, 5.41) is 0. The van der Waals surface area contributed by atoms with E-state index in [1.807, 2.05) is 0 Å². The second kappa shape index (κ2) is 37.2. The Kier molecular flexibility index (Phi) is 34.9. The fraction of sp³-hybridized carbons (Fsp3) is 0.956. The number of carbonyl (C=O) groups is 2. The first-order valence-corrected chi connectivity index (χ1v) is 22.8. The van der Waals surface area contributed by atoms with Crippen molar-refractivity contribution in [1.82, 2.24) is 9.80 Å². The fourth-order valence-electron chi connectivity index (χ4n) is 7.64. The van der Waals surface area contributed by atoms with Gasteiger partial charge >= 0.3 is 11.9 Å². The van der Waals surface area contributed by atoms with Gasteiger partial charge in [0, 0.05) is 25.9 Å². The normalized spacial score (nSPS) is 13.5. The Hall–Kier alpha value is -1.14. The van der Waals surface area contributed by atoms with Crippen molar-refractivity contribution in [3.8, 4) is 0 Å². The SMILES string of the molecule is CCCCCCCCCCCOC(=O)CCCCCN(CCCCCCCC(=O)OCCCC(CCCCC)CCCCC)CCN1CCCC1. The topological polar surface area (TPSA) is 59.1 Å². The predicted molar refractivity (Wildman–Crippen MR) is 218 cm³/mol. The molecule has 1 aliphatic rings. The molecule has 51 heavy (non-hydrogen) atoms. The average Bonchev–Trinajstić information content (AvgIpc) is 3.66. The summed E-state index contributed by atoms with van der Waals surface area (Å²) in [5.74, 6) is 0.810. The smallest absolute Gasteiger partial charge is 0.305 e. The van der Waals surface area contributed by atoms with Crippen LogP contribution in [0.5, 0.6) is 0 Å². The number of esters is 2. The van der Waals surface area contributed by atoms with Gasteiger partial charge in [-0.1, -0.05) is 149 Å². The Bertz CT molecular complexity index is 746. The maximum Gasteiger partial charge on any atom is 0.305 e. The lowest BCUT2D eigenvalue weighted by Gasteiger charge is -2.25. The number of unbranched alkanes of at least 4 members (excludes halogenated alkanes) is 18. The minimum absolute atomic E-state index is 0.00340. The molecule has 0 unspecified atom stereocenters. The molecule has 1 rings (SSSR count). The van der Waals surface area contributed by atoms with Crippen LogP contribution in [0.2, 0.25) is 0 Å². The minimum Gasteiger partial charge on any atom is -0.466 e. The van der Waals surface area contributed by atoms with Crippen LogP contribution in [0.25, 0.3) is 0 Å². The van der Waals surface area contributed by atoms with E-state index in [-0.39, 0.29) is 11.9 Å². The van der Waals surface area contributed by atoms with Crippen LogP contribution in [0, 0.1) is 5.92 Å². The summed E-state index contributed by atoms with van der Waals surface area (Å²) in [5.41, 5.74) is 0. The Balaban J connectivity index is 2.11. The third-order valence-electron chi connectivity index (χ3n) is 11.1. The zero-order valence-corrected chi connectivity index (χ0v) is 34.7. The van der Waals surface area contributed by atoms with Crippen molar-refractivity contribution in [1.29, 1.82) is 0 Å². The van der Waals surface area contributed by atoms with Crippen LogP contribution in [0.4, 0.5) is 0 Å². The number of carbonyl (C=O) groups excluding carboxylic acids is 2. The molecule has 1 aliphatic heterocycles. The summed E-state index contributed by atoms with van der Waals surface area (Å²) in [4.78, 5) is 29.8. The van der Waals surface area contributed by atoms with Crippen LogP contribution in [0.3, 0.4) is 0 Å². The Morgan fingerprint density at radius 2 is 0.902 bits per heavy atom. The lowest BCUT2D eigenvalue weighted by atomic mass is 9.91. The van der Waals surface area contributed by atoms with Gasteiger partial charge in [0.1, 0.15) is 0 Å². The first kappa shape index (κ1) is 47.9. The first-order valence-electron chi connectivity index (χ1n) is 22.8. The van der Waals surface area contributed by atoms with Crippen molar-refractivity contribution in [3.05, 3.63) is 0 Å². The zero-order chi connectivity index (χ0) is 36.9. The highest BCUT2D eigenvalue weighted by Crippen LogP contribution is 2.22. The molecule has 302 valence electrons. The van der Waals surface area contributed by atoms with Gasteiger partial charge in [-0.25, -0.2) is 0 Å². The van der Waals surface area contributed by atoms with Gasteiger partial charge in [0.25, 0.3) is 0 Å². The molecular formula is C45H88N2O4. The molecule has 1 saturated heterocycles. The third-order valence-corrected chi connectivity index (χ3v) is 11.1. The highest BCUT2D eigenvalue weighted by atomic mass is 16.5. The van der Waals surface area contributed by atoms with Crippen molar-refractivity contribution in [2.75, 3.05) is 52.5 Å². The van der Waals surface area contributed by atoms with E-state index in [1.165, 1.54) is 161 Å². The van der Waals surface area contributed by atoms with Crippen molar-refractivity contribution in [2.45, 2.75) is 220 Å². The van der Waals surface area contributed by atoms with Gasteiger partial charge in [0.05, 0.1) is 13.2 Å². The third kappa shape index (κ3) is 32.0. The van der Waals surface area contributed by atoms with Crippen LogP contribution in [-0.4, -0.2) is 74.2 Å². The van der Waals surface area contributed by atoms with Crippen LogP contribution >= 0.6 is 0 Å². The van der Waals surface area contributed by atoms with Crippen molar-refractivity contribution < 1.29 is 19.1 Å². The van der Waals surface area contributed by atoms with E-state index in [0.717, 1.165) is 70.5 Å². The van der Waals surface area contributed by atoms with Crippen molar-refractivity contribution >= 4 is 11.9 Å². The van der Waals surface area contributed by atoms with E-state index in [1.54, 1.807) is 0 Å². The second-order valence-electron chi connectivity index (χ2n) is 16.0. The quantitative estimate of drug-likeness (QED) is 0.0465. The summed E-state index contributed by atoms with van der Waals surface area (Å²) >= 11 is 0. The summed E-state index contributed by atoms with van der Waals surface area (Å²) in [7, 11) is 0. The number of ether oxygens (including phenoxy) is 2. The van der Waals surface area contributed by atoms with Gasteiger partial charge < -0.3 is 19.3 Å². The lowest BCUT2D eigenvalue weighted by molar-refractivity contribution is -0.144. The Labute approximate surface area is 318 Å². The molecule has 1 heterocycles. The maximum absolute atomic E-state index is 12.3. The van der Waals surface area contributed by atoms with Gasteiger partial charge in [-0.2, -0.15) is 0 Å². The number of hydrogen-bond acceptors (Lipinski definition) is 6. The number of nitrogens with zero attached hydrogens (tertiary/aromatic N) is 2. The van der Waals surface area contributed by atoms with E-state index in [4.69, 9.17) is 9.47 Å². The molecule has 6 heteroatoms. The van der Waals surface area contributed by atoms with Crippen LogP contribution in [-0.2, 0) is 19.1 Å². The number of likely N-dealkylation sites (tertiary alicyclic amines) is 1. The highest BCUT2D eigenvalue weighted by Gasteiger charge is 2.14. The molecule has 0 aliphatic carbocycles. The van der Waals surface area contributed by atoms with Gasteiger partial charge in [-0.15, -0.1) is 0 Å². The van der Waals surface area contributed by atoms with E-state index in [2.05, 4.69) is 30.6 Å². The molecule has 6 nitrogen and oxygen atoms in total. The van der Waals surface area contributed by atoms with Crippen LogP contribution in [0.15, 0.2) is 0 Å². The molecular weight excluding hydrogens is 633 g/mol. The van der Waals surface area contributed by atoms with E-state index in [9.17, 15) is 9.59 Å². The van der Waals surface area contributed by atoms with E-state index in [0.29, 0.717) is 26.1 Å². The monoisotopic (exact) mass is 721 g/mol. The molecule has 0 N–H and O–H groups in total. The molecule has 0 saturated carbocycles. The maximum atomic E-state index is 12.3. The van der Waals surface area contributed by atoms with E-state index >= 15 is 0 Å². The van der Waals surface area contributed by atoms with Crippen molar-refractivity contribution in [2.24, 2.45) is 5.92 Å². The van der Waals surface area contributed by atoms with Gasteiger partial charge in [-0.3, -0.25) is 9.59 Å². The predicted octanol–water partition coefficient (Wildman–Crippen LogP) is 12.5. The average molecular weight is 721 g/mol. The fourth-order valence-corrected chi connectivity index (χ4v) is 7.64. The largest absolute Gasteiger partial charge is 0.466 e. The van der Waals surface area contributed by atoms with Gasteiger partial charge in [-0.05, 0) is 89.9 Å². The Morgan fingerprint density at radius 3 is 1.45 bits per heavy atom. The molecule has 0 aromatic rings. The van der Waals surface area contributed by atoms with Gasteiger partial charge in [0.2, 0.25) is 0 Å². The highest BCUT2D eigenvalue weighted by molar-refractivity contribution is 5.69. The number of rotatable bonds is 39. The molecule has 0 amide bonds. The zero-order valence-electron chi connectivity index (χ0n) is 34.7.